The molecule has 0 atom stereocenters. The van der Waals surface area contributed by atoms with Gasteiger partial charge in [-0.15, -0.1) is 0 Å². The third-order valence-corrected chi connectivity index (χ3v) is 3.42. The summed E-state index contributed by atoms with van der Waals surface area (Å²) in [5.74, 6) is -0.635. The molecule has 2 rings (SSSR count). The van der Waals surface area contributed by atoms with E-state index in [1.807, 2.05) is 0 Å². The van der Waals surface area contributed by atoms with E-state index < -0.39 is 0 Å². The smallest absolute Gasteiger partial charge is 0.194 e. The summed E-state index contributed by atoms with van der Waals surface area (Å²) in [6.45, 7) is 0. The van der Waals surface area contributed by atoms with Gasteiger partial charge in [-0.25, -0.2) is 4.39 Å². The first-order valence-corrected chi connectivity index (χ1v) is 6.21. The summed E-state index contributed by atoms with van der Waals surface area (Å²) in [5.41, 5.74) is 6.79. The Kier molecular flexibility index (Phi) is 3.68. The van der Waals surface area contributed by atoms with E-state index in [2.05, 4.69) is 15.9 Å². The van der Waals surface area contributed by atoms with Gasteiger partial charge in [-0.3, -0.25) is 4.79 Å². The zero-order chi connectivity index (χ0) is 13.3. The molecule has 0 aliphatic carbocycles. The van der Waals surface area contributed by atoms with Crippen LogP contribution in [0.2, 0.25) is 5.02 Å². The Morgan fingerprint density at radius 2 is 1.83 bits per heavy atom. The first-order chi connectivity index (χ1) is 8.49. The highest BCUT2D eigenvalue weighted by molar-refractivity contribution is 9.10. The molecule has 92 valence electrons. The van der Waals surface area contributed by atoms with E-state index in [1.165, 1.54) is 30.3 Å². The minimum Gasteiger partial charge on any atom is -0.397 e. The lowest BCUT2D eigenvalue weighted by Gasteiger charge is -2.06. The minimum atomic E-state index is -0.388. The van der Waals surface area contributed by atoms with E-state index in [0.29, 0.717) is 26.3 Å². The van der Waals surface area contributed by atoms with Gasteiger partial charge in [-0.2, -0.15) is 0 Å². The number of anilines is 1. The quantitative estimate of drug-likeness (QED) is 0.667. The van der Waals surface area contributed by atoms with Gasteiger partial charge in [-0.05, 0) is 52.3 Å². The molecule has 0 unspecified atom stereocenters. The molecule has 0 aliphatic rings. The van der Waals surface area contributed by atoms with Crippen LogP contribution in [0.5, 0.6) is 0 Å². The van der Waals surface area contributed by atoms with Crippen LogP contribution in [0.25, 0.3) is 0 Å². The lowest BCUT2D eigenvalue weighted by Crippen LogP contribution is -2.03. The molecule has 2 aromatic carbocycles. The van der Waals surface area contributed by atoms with E-state index in [-0.39, 0.29) is 11.6 Å². The molecule has 0 aromatic heterocycles. The molecule has 0 saturated heterocycles. The Bertz CT molecular complexity index is 613. The molecule has 18 heavy (non-hydrogen) atoms. The van der Waals surface area contributed by atoms with Crippen molar-refractivity contribution in [1.82, 2.24) is 0 Å². The van der Waals surface area contributed by atoms with Crippen molar-refractivity contribution >= 4 is 39.0 Å². The Labute approximate surface area is 117 Å². The lowest BCUT2D eigenvalue weighted by molar-refractivity contribution is 0.103. The molecule has 0 aliphatic heterocycles. The van der Waals surface area contributed by atoms with Crippen LogP contribution in [-0.2, 0) is 0 Å². The number of rotatable bonds is 2. The molecule has 0 saturated carbocycles. The molecule has 2 aromatic rings. The van der Waals surface area contributed by atoms with Crippen LogP contribution in [0, 0.1) is 5.82 Å². The number of nitrogens with two attached hydrogens (primary N) is 1. The van der Waals surface area contributed by atoms with Crippen LogP contribution >= 0.6 is 27.5 Å². The predicted molar refractivity (Wildman–Crippen MR) is 73.4 cm³/mol. The summed E-state index contributed by atoms with van der Waals surface area (Å²) < 4.78 is 13.3. The highest BCUT2D eigenvalue weighted by atomic mass is 79.9. The molecular formula is C13H8BrClFNO. The fraction of sp³-hybridized carbons (Fsp3) is 0. The van der Waals surface area contributed by atoms with Gasteiger partial charge in [0.15, 0.2) is 5.78 Å². The molecule has 5 heteroatoms. The summed E-state index contributed by atoms with van der Waals surface area (Å²) in [5, 5.41) is 0.309. The predicted octanol–water partition coefficient (Wildman–Crippen LogP) is 4.05. The maximum Gasteiger partial charge on any atom is 0.194 e. The number of nitrogen functional groups attached to an aromatic ring is 1. The van der Waals surface area contributed by atoms with Crippen molar-refractivity contribution in [2.45, 2.75) is 0 Å². The second-order valence-electron chi connectivity index (χ2n) is 3.69. The molecule has 0 bridgehead atoms. The van der Waals surface area contributed by atoms with Crippen LogP contribution in [0.1, 0.15) is 15.9 Å². The highest BCUT2D eigenvalue weighted by Gasteiger charge is 2.14. The molecule has 2 N–H and O–H groups in total. The fourth-order valence-electron chi connectivity index (χ4n) is 1.49. The van der Waals surface area contributed by atoms with Gasteiger partial charge in [-0.1, -0.05) is 11.6 Å². The maximum atomic E-state index is 12.8. The van der Waals surface area contributed by atoms with Crippen molar-refractivity contribution in [2.24, 2.45) is 0 Å². The number of benzene rings is 2. The van der Waals surface area contributed by atoms with Gasteiger partial charge in [0, 0.05) is 15.6 Å². The molecule has 0 spiro atoms. The van der Waals surface area contributed by atoms with Crippen LogP contribution in [0.3, 0.4) is 0 Å². The Morgan fingerprint density at radius 3 is 2.44 bits per heavy atom. The Hall–Kier alpha value is -1.39. The molecular weight excluding hydrogens is 321 g/mol. The number of ketones is 1. The summed E-state index contributed by atoms with van der Waals surface area (Å²) in [6, 6.07) is 8.38. The highest BCUT2D eigenvalue weighted by Crippen LogP contribution is 2.29. The number of hydrogen-bond donors (Lipinski definition) is 1. The Balaban J connectivity index is 2.46. The van der Waals surface area contributed by atoms with E-state index >= 15 is 0 Å². The third-order valence-electron chi connectivity index (χ3n) is 2.44. The molecule has 2 nitrogen and oxygen atoms in total. The van der Waals surface area contributed by atoms with Gasteiger partial charge in [0.2, 0.25) is 0 Å². The average molecular weight is 329 g/mol. The third kappa shape index (κ3) is 2.54. The maximum absolute atomic E-state index is 12.8. The van der Waals surface area contributed by atoms with E-state index in [4.69, 9.17) is 17.3 Å². The number of halogens is 3. The van der Waals surface area contributed by atoms with E-state index in [0.717, 1.165) is 0 Å². The minimum absolute atomic E-state index is 0.247. The van der Waals surface area contributed by atoms with Crippen molar-refractivity contribution in [2.75, 3.05) is 5.73 Å². The summed E-state index contributed by atoms with van der Waals surface area (Å²) in [4.78, 5) is 12.2. The Morgan fingerprint density at radius 1 is 1.22 bits per heavy atom. The van der Waals surface area contributed by atoms with Crippen molar-refractivity contribution in [3.05, 3.63) is 62.8 Å². The van der Waals surface area contributed by atoms with E-state index in [9.17, 15) is 9.18 Å². The molecule has 0 heterocycles. The monoisotopic (exact) mass is 327 g/mol. The van der Waals surface area contributed by atoms with Gasteiger partial charge in [0.1, 0.15) is 5.82 Å². The van der Waals surface area contributed by atoms with Crippen molar-refractivity contribution in [1.29, 1.82) is 0 Å². The first-order valence-electron chi connectivity index (χ1n) is 5.04. The first kappa shape index (κ1) is 13.1. The standard InChI is InChI=1S/C13H8BrClFNO/c14-10-6-12(17)11(15)5-9(10)13(18)7-1-3-8(16)4-2-7/h1-6H,17H2. The van der Waals surface area contributed by atoms with E-state index in [1.54, 1.807) is 6.07 Å². The lowest BCUT2D eigenvalue weighted by atomic mass is 10.0. The molecule has 0 radical (unpaired) electrons. The van der Waals surface area contributed by atoms with Crippen LogP contribution in [-0.4, -0.2) is 5.78 Å². The summed E-state index contributed by atoms with van der Waals surface area (Å²) in [6.07, 6.45) is 0. The topological polar surface area (TPSA) is 43.1 Å². The zero-order valence-corrected chi connectivity index (χ0v) is 11.4. The molecule has 0 fully saturated rings. The second kappa shape index (κ2) is 5.08. The largest absolute Gasteiger partial charge is 0.397 e. The summed E-state index contributed by atoms with van der Waals surface area (Å²) in [7, 11) is 0. The van der Waals surface area contributed by atoms with Gasteiger partial charge in [0.05, 0.1) is 10.7 Å². The van der Waals surface area contributed by atoms with Crippen molar-refractivity contribution in [3.63, 3.8) is 0 Å². The van der Waals surface area contributed by atoms with Gasteiger partial charge < -0.3 is 5.73 Å². The average Bonchev–Trinajstić information content (AvgIpc) is 2.34. The van der Waals surface area contributed by atoms with Crippen LogP contribution < -0.4 is 5.73 Å². The second-order valence-corrected chi connectivity index (χ2v) is 4.95. The molecule has 0 amide bonds. The van der Waals surface area contributed by atoms with Gasteiger partial charge >= 0.3 is 0 Å². The SMILES string of the molecule is Nc1cc(Br)c(C(=O)c2ccc(F)cc2)cc1Cl. The van der Waals surface area contributed by atoms with Crippen LogP contribution in [0.4, 0.5) is 10.1 Å². The zero-order valence-electron chi connectivity index (χ0n) is 9.08. The number of carbonyl (C=O) groups excluding carboxylic acids is 1. The normalized spacial score (nSPS) is 10.4. The van der Waals surface area contributed by atoms with Crippen molar-refractivity contribution in [3.8, 4) is 0 Å². The summed E-state index contributed by atoms with van der Waals surface area (Å²) >= 11 is 9.14. The van der Waals surface area contributed by atoms with Crippen LogP contribution in [0.15, 0.2) is 40.9 Å². The van der Waals surface area contributed by atoms with Gasteiger partial charge in [0.25, 0.3) is 0 Å². The van der Waals surface area contributed by atoms with Crippen molar-refractivity contribution < 1.29 is 9.18 Å². The number of hydrogen-bond acceptors (Lipinski definition) is 2. The fourth-order valence-corrected chi connectivity index (χ4v) is 2.20. The number of carbonyl (C=O) groups is 1.